The van der Waals surface area contributed by atoms with Gasteiger partial charge in [0.15, 0.2) is 0 Å². The Morgan fingerprint density at radius 2 is 1.97 bits per heavy atom. The zero-order valence-electron chi connectivity index (χ0n) is 17.4. The highest BCUT2D eigenvalue weighted by molar-refractivity contribution is 6.31. The molecule has 2 N–H and O–H groups in total. The van der Waals surface area contributed by atoms with Gasteiger partial charge in [-0.3, -0.25) is 9.78 Å². The van der Waals surface area contributed by atoms with E-state index in [0.717, 1.165) is 46.4 Å². The molecule has 0 spiro atoms. The number of aromatic nitrogens is 2. The summed E-state index contributed by atoms with van der Waals surface area (Å²) < 4.78 is 5.87. The second kappa shape index (κ2) is 8.93. The summed E-state index contributed by atoms with van der Waals surface area (Å²) in [5, 5.41) is 5.14. The minimum absolute atomic E-state index is 0.162. The van der Waals surface area contributed by atoms with E-state index in [1.165, 1.54) is 5.56 Å². The van der Waals surface area contributed by atoms with Gasteiger partial charge in [-0.15, -0.1) is 0 Å². The number of ether oxygens (including phenoxy) is 1. The summed E-state index contributed by atoms with van der Waals surface area (Å²) in [6.07, 6.45) is 5.24. The number of benzene rings is 2. The van der Waals surface area contributed by atoms with E-state index >= 15 is 0 Å². The van der Waals surface area contributed by atoms with Crippen LogP contribution in [0, 0.1) is 0 Å². The molecule has 2 aromatic carbocycles. The number of amides is 1. The molecule has 32 heavy (non-hydrogen) atoms. The number of hydrogen-bond donors (Lipinski definition) is 2. The van der Waals surface area contributed by atoms with Crippen molar-refractivity contribution in [2.24, 2.45) is 0 Å². The minimum Gasteiger partial charge on any atom is -0.492 e. The number of nitrogens with zero attached hydrogens (tertiary/aromatic N) is 2. The molecule has 2 aromatic heterocycles. The normalized spacial score (nSPS) is 15.4. The van der Waals surface area contributed by atoms with Crippen molar-refractivity contribution in [3.63, 3.8) is 0 Å². The van der Waals surface area contributed by atoms with E-state index < -0.39 is 0 Å². The molecule has 1 aliphatic heterocycles. The Balaban J connectivity index is 1.32. The van der Waals surface area contributed by atoms with Crippen molar-refractivity contribution >= 4 is 34.6 Å². The maximum absolute atomic E-state index is 11.8. The van der Waals surface area contributed by atoms with Crippen LogP contribution in [0.2, 0.25) is 5.02 Å². The summed E-state index contributed by atoms with van der Waals surface area (Å²) in [7, 11) is 0. The largest absolute Gasteiger partial charge is 0.492 e. The van der Waals surface area contributed by atoms with Crippen LogP contribution >= 0.6 is 11.6 Å². The lowest BCUT2D eigenvalue weighted by atomic mass is 9.93. The number of carbonyl (C=O) groups is 1. The summed E-state index contributed by atoms with van der Waals surface area (Å²) in [5.74, 6) is 0.794. The van der Waals surface area contributed by atoms with E-state index in [1.807, 2.05) is 59.5 Å². The summed E-state index contributed by atoms with van der Waals surface area (Å²) in [5.41, 5.74) is 5.38. The SMILES string of the molecule is O=CN1CCc2c([nH]c3ccc(Cl)cc23)C1c1ccc(OCCNc2ccncc2)cc1. The first-order valence-corrected chi connectivity index (χ1v) is 11.0. The molecule has 1 aliphatic rings. The molecule has 4 aromatic rings. The number of hydrogen-bond acceptors (Lipinski definition) is 4. The lowest BCUT2D eigenvalue weighted by Gasteiger charge is -2.33. The van der Waals surface area contributed by atoms with Crippen LogP contribution in [0.15, 0.2) is 67.0 Å². The first-order valence-electron chi connectivity index (χ1n) is 10.6. The Morgan fingerprint density at radius 1 is 1.16 bits per heavy atom. The highest BCUT2D eigenvalue weighted by Gasteiger charge is 2.31. The number of fused-ring (bicyclic) bond motifs is 3. The van der Waals surface area contributed by atoms with Crippen molar-refractivity contribution in [3.8, 4) is 5.75 Å². The number of halogens is 1. The van der Waals surface area contributed by atoms with Gasteiger partial charge in [0.05, 0.1) is 6.04 Å². The van der Waals surface area contributed by atoms with Gasteiger partial charge in [-0.1, -0.05) is 23.7 Å². The third kappa shape index (κ3) is 4.01. The molecule has 1 unspecified atom stereocenters. The van der Waals surface area contributed by atoms with Gasteiger partial charge in [-0.2, -0.15) is 0 Å². The molecule has 0 saturated heterocycles. The molecular formula is C25H23ClN4O2. The van der Waals surface area contributed by atoms with Gasteiger partial charge in [-0.25, -0.2) is 0 Å². The lowest BCUT2D eigenvalue weighted by Crippen LogP contribution is -2.34. The van der Waals surface area contributed by atoms with Gasteiger partial charge >= 0.3 is 0 Å². The molecule has 1 atom stereocenters. The maximum Gasteiger partial charge on any atom is 0.210 e. The topological polar surface area (TPSA) is 70.2 Å². The number of aromatic amines is 1. The van der Waals surface area contributed by atoms with Crippen molar-refractivity contribution < 1.29 is 9.53 Å². The average Bonchev–Trinajstić information content (AvgIpc) is 3.20. The Kier molecular flexibility index (Phi) is 5.69. The summed E-state index contributed by atoms with van der Waals surface area (Å²) in [6, 6.07) is 17.5. The second-order valence-corrected chi connectivity index (χ2v) is 8.22. The van der Waals surface area contributed by atoms with Crippen LogP contribution in [-0.2, 0) is 11.2 Å². The van der Waals surface area contributed by atoms with E-state index in [-0.39, 0.29) is 6.04 Å². The fraction of sp³-hybridized carbons (Fsp3) is 0.200. The monoisotopic (exact) mass is 446 g/mol. The highest BCUT2D eigenvalue weighted by atomic mass is 35.5. The summed E-state index contributed by atoms with van der Waals surface area (Å²) in [6.45, 7) is 1.90. The summed E-state index contributed by atoms with van der Waals surface area (Å²) >= 11 is 6.23. The predicted molar refractivity (Wildman–Crippen MR) is 126 cm³/mol. The zero-order valence-corrected chi connectivity index (χ0v) is 18.2. The summed E-state index contributed by atoms with van der Waals surface area (Å²) in [4.78, 5) is 21.2. The highest BCUT2D eigenvalue weighted by Crippen LogP contribution is 2.38. The molecule has 5 rings (SSSR count). The first kappa shape index (κ1) is 20.4. The van der Waals surface area contributed by atoms with Crippen LogP contribution in [0.1, 0.15) is 22.9 Å². The number of rotatable bonds is 7. The van der Waals surface area contributed by atoms with Crippen molar-refractivity contribution in [1.82, 2.24) is 14.9 Å². The van der Waals surface area contributed by atoms with Crippen LogP contribution < -0.4 is 10.1 Å². The number of anilines is 1. The van der Waals surface area contributed by atoms with Crippen LogP contribution in [0.5, 0.6) is 5.75 Å². The van der Waals surface area contributed by atoms with Crippen LogP contribution in [0.4, 0.5) is 5.69 Å². The Labute approximate surface area is 191 Å². The van der Waals surface area contributed by atoms with Gasteiger partial charge in [0, 0.05) is 52.8 Å². The van der Waals surface area contributed by atoms with Crippen LogP contribution in [0.3, 0.4) is 0 Å². The standard InChI is InChI=1S/C25H23ClN4O2/c26-18-3-6-23-22(15-18)21-9-13-30(16-31)25(24(21)29-23)17-1-4-20(5-2-17)32-14-12-28-19-7-10-27-11-8-19/h1-8,10-11,15-16,25,29H,9,12-14H2,(H,27,28). The van der Waals surface area contributed by atoms with E-state index in [2.05, 4.69) is 15.3 Å². The number of pyridine rings is 1. The third-order valence-corrected chi connectivity index (χ3v) is 6.07. The number of H-pyrrole nitrogens is 1. The fourth-order valence-corrected chi connectivity index (χ4v) is 4.50. The molecule has 0 radical (unpaired) electrons. The molecule has 7 heteroatoms. The van der Waals surface area contributed by atoms with Gasteiger partial charge in [0.1, 0.15) is 12.4 Å². The van der Waals surface area contributed by atoms with E-state index in [1.54, 1.807) is 12.4 Å². The smallest absolute Gasteiger partial charge is 0.210 e. The second-order valence-electron chi connectivity index (χ2n) is 7.78. The first-order chi connectivity index (χ1) is 15.7. The van der Waals surface area contributed by atoms with E-state index in [0.29, 0.717) is 24.7 Å². The van der Waals surface area contributed by atoms with Crippen molar-refractivity contribution in [2.75, 3.05) is 25.0 Å². The van der Waals surface area contributed by atoms with Crippen LogP contribution in [0.25, 0.3) is 10.9 Å². The van der Waals surface area contributed by atoms with Crippen molar-refractivity contribution in [3.05, 3.63) is 88.8 Å². The number of nitrogens with one attached hydrogen (secondary N) is 2. The van der Waals surface area contributed by atoms with Gasteiger partial charge < -0.3 is 19.9 Å². The average molecular weight is 447 g/mol. The van der Waals surface area contributed by atoms with Crippen molar-refractivity contribution in [1.29, 1.82) is 0 Å². The molecule has 3 heterocycles. The molecule has 162 valence electrons. The Morgan fingerprint density at radius 3 is 2.75 bits per heavy atom. The molecule has 0 saturated carbocycles. The zero-order chi connectivity index (χ0) is 21.9. The van der Waals surface area contributed by atoms with E-state index in [4.69, 9.17) is 16.3 Å². The lowest BCUT2D eigenvalue weighted by molar-refractivity contribution is -0.120. The minimum atomic E-state index is -0.162. The fourth-order valence-electron chi connectivity index (χ4n) is 4.33. The molecule has 0 fully saturated rings. The van der Waals surface area contributed by atoms with Crippen molar-refractivity contribution in [2.45, 2.75) is 12.5 Å². The molecule has 6 nitrogen and oxygen atoms in total. The van der Waals surface area contributed by atoms with Gasteiger partial charge in [0.2, 0.25) is 6.41 Å². The number of carbonyl (C=O) groups excluding carboxylic acids is 1. The Bertz CT molecular complexity index is 1220. The van der Waals surface area contributed by atoms with Gasteiger partial charge in [0.25, 0.3) is 0 Å². The quantitative estimate of drug-likeness (QED) is 0.315. The third-order valence-electron chi connectivity index (χ3n) is 5.84. The Hall–Kier alpha value is -3.51. The molecule has 0 aliphatic carbocycles. The molecule has 1 amide bonds. The molecule has 0 bridgehead atoms. The van der Waals surface area contributed by atoms with Crippen LogP contribution in [-0.4, -0.2) is 41.0 Å². The van der Waals surface area contributed by atoms with Gasteiger partial charge in [-0.05, 0) is 60.0 Å². The predicted octanol–water partition coefficient (Wildman–Crippen LogP) is 4.81. The maximum atomic E-state index is 11.8. The molecular weight excluding hydrogens is 424 g/mol. The van der Waals surface area contributed by atoms with E-state index in [9.17, 15) is 4.79 Å².